The number of hydrazone groups is 1. The number of methoxy groups -OCH3 is 1. The molecule has 1 amide bonds. The van der Waals surface area contributed by atoms with Gasteiger partial charge in [0, 0.05) is 0 Å². The van der Waals surface area contributed by atoms with E-state index in [9.17, 15) is 4.79 Å². The molecule has 4 nitrogen and oxygen atoms in total. The van der Waals surface area contributed by atoms with Crippen LogP contribution in [0.15, 0.2) is 90.0 Å². The monoisotopic (exact) mass is 356 g/mol. The van der Waals surface area contributed by atoms with Crippen LogP contribution in [-0.4, -0.2) is 18.7 Å². The summed E-state index contributed by atoms with van der Waals surface area (Å²) in [5, 5.41) is 6.22. The molecule has 4 heteroatoms. The molecule has 3 aromatic rings. The van der Waals surface area contributed by atoms with Crippen molar-refractivity contribution in [3.63, 3.8) is 0 Å². The van der Waals surface area contributed by atoms with Gasteiger partial charge in [-0.3, -0.25) is 4.79 Å². The number of carbonyl (C=O) groups is 1. The predicted octanol–water partition coefficient (Wildman–Crippen LogP) is 4.31. The zero-order chi connectivity index (χ0) is 18.6. The Morgan fingerprint density at radius 2 is 1.52 bits per heavy atom. The van der Waals surface area contributed by atoms with E-state index >= 15 is 0 Å². The second kappa shape index (κ2) is 7.46. The molecule has 0 aliphatic carbocycles. The lowest BCUT2D eigenvalue weighted by Crippen LogP contribution is -2.29. The molecular formula is C23H20N2O2. The Balaban J connectivity index is 1.69. The number of hydrogen-bond acceptors (Lipinski definition) is 3. The van der Waals surface area contributed by atoms with Gasteiger partial charge in [0.2, 0.25) is 0 Å². The van der Waals surface area contributed by atoms with E-state index in [0.29, 0.717) is 6.42 Å². The molecule has 134 valence electrons. The average Bonchev–Trinajstić information content (AvgIpc) is 3.06. The Bertz CT molecular complexity index is 951. The number of carbonyl (C=O) groups excluding carboxylic acids is 1. The molecule has 1 atom stereocenters. The molecule has 4 rings (SSSR count). The van der Waals surface area contributed by atoms with E-state index < -0.39 is 0 Å². The lowest BCUT2D eigenvalue weighted by atomic mass is 9.90. The first-order valence-electron chi connectivity index (χ1n) is 8.92. The van der Waals surface area contributed by atoms with Gasteiger partial charge in [-0.05, 0) is 41.8 Å². The summed E-state index contributed by atoms with van der Waals surface area (Å²) in [5.74, 6) is 0.483. The Morgan fingerprint density at radius 3 is 2.15 bits per heavy atom. The maximum atomic E-state index is 13.2. The minimum atomic E-state index is -0.319. The Morgan fingerprint density at radius 1 is 0.889 bits per heavy atom. The van der Waals surface area contributed by atoms with Gasteiger partial charge < -0.3 is 4.74 Å². The normalized spacial score (nSPS) is 16.3. The van der Waals surface area contributed by atoms with Crippen LogP contribution in [0.1, 0.15) is 11.1 Å². The van der Waals surface area contributed by atoms with Gasteiger partial charge in [-0.25, -0.2) is 0 Å². The summed E-state index contributed by atoms with van der Waals surface area (Å²) in [6.45, 7) is 0. The zero-order valence-corrected chi connectivity index (χ0v) is 15.1. The van der Waals surface area contributed by atoms with Crippen molar-refractivity contribution in [3.8, 4) is 5.75 Å². The minimum Gasteiger partial charge on any atom is -0.497 e. The summed E-state index contributed by atoms with van der Waals surface area (Å²) in [7, 11) is 1.65. The van der Waals surface area contributed by atoms with Gasteiger partial charge in [0.25, 0.3) is 5.91 Å². The fourth-order valence-electron chi connectivity index (χ4n) is 3.29. The summed E-state index contributed by atoms with van der Waals surface area (Å²) >= 11 is 0. The van der Waals surface area contributed by atoms with E-state index in [2.05, 4.69) is 0 Å². The third-order valence-corrected chi connectivity index (χ3v) is 4.71. The number of para-hydroxylation sites is 1. The molecule has 0 aromatic heterocycles. The number of hydrogen-bond donors (Lipinski definition) is 0. The molecule has 0 saturated carbocycles. The van der Waals surface area contributed by atoms with Gasteiger partial charge in [0.05, 0.1) is 24.4 Å². The first-order chi connectivity index (χ1) is 13.3. The number of anilines is 1. The summed E-state index contributed by atoms with van der Waals surface area (Å²) in [4.78, 5) is 13.2. The molecule has 0 radical (unpaired) electrons. The van der Waals surface area contributed by atoms with E-state index in [-0.39, 0.29) is 11.8 Å². The van der Waals surface area contributed by atoms with Crippen molar-refractivity contribution in [2.45, 2.75) is 6.42 Å². The molecule has 0 saturated heterocycles. The summed E-state index contributed by atoms with van der Waals surface area (Å²) in [6.07, 6.45) is 0.597. The maximum Gasteiger partial charge on any atom is 0.256 e. The van der Waals surface area contributed by atoms with Crippen molar-refractivity contribution >= 4 is 17.3 Å². The van der Waals surface area contributed by atoms with Crippen LogP contribution in [0.25, 0.3) is 0 Å². The Hall–Kier alpha value is -3.40. The number of benzene rings is 3. The third-order valence-electron chi connectivity index (χ3n) is 4.71. The first-order valence-corrected chi connectivity index (χ1v) is 8.92. The highest BCUT2D eigenvalue weighted by Crippen LogP contribution is 2.29. The molecule has 1 unspecified atom stereocenters. The molecule has 3 aromatic carbocycles. The van der Waals surface area contributed by atoms with Crippen LogP contribution in [0.3, 0.4) is 0 Å². The fraction of sp³-hybridized carbons (Fsp3) is 0.130. The topological polar surface area (TPSA) is 41.9 Å². The van der Waals surface area contributed by atoms with E-state index in [0.717, 1.165) is 28.3 Å². The molecule has 0 fully saturated rings. The lowest BCUT2D eigenvalue weighted by Gasteiger charge is -2.15. The van der Waals surface area contributed by atoms with Gasteiger partial charge in [-0.2, -0.15) is 10.1 Å². The van der Waals surface area contributed by atoms with Crippen LogP contribution in [-0.2, 0) is 11.2 Å². The second-order valence-corrected chi connectivity index (χ2v) is 6.44. The van der Waals surface area contributed by atoms with Crippen molar-refractivity contribution in [1.82, 2.24) is 0 Å². The van der Waals surface area contributed by atoms with Crippen LogP contribution in [0.4, 0.5) is 5.69 Å². The van der Waals surface area contributed by atoms with Gasteiger partial charge >= 0.3 is 0 Å². The van der Waals surface area contributed by atoms with Crippen LogP contribution in [0.5, 0.6) is 5.75 Å². The minimum absolute atomic E-state index is 0.00382. The maximum absolute atomic E-state index is 13.2. The van der Waals surface area contributed by atoms with Crippen LogP contribution in [0, 0.1) is 5.92 Å². The molecule has 1 heterocycles. The van der Waals surface area contributed by atoms with Crippen LogP contribution < -0.4 is 9.75 Å². The van der Waals surface area contributed by atoms with Crippen molar-refractivity contribution in [2.75, 3.05) is 12.1 Å². The van der Waals surface area contributed by atoms with Gasteiger partial charge in [-0.15, -0.1) is 0 Å². The predicted molar refractivity (Wildman–Crippen MR) is 107 cm³/mol. The van der Waals surface area contributed by atoms with E-state index in [1.807, 2.05) is 84.9 Å². The highest BCUT2D eigenvalue weighted by Gasteiger charge is 2.37. The van der Waals surface area contributed by atoms with Crippen molar-refractivity contribution in [1.29, 1.82) is 0 Å². The third kappa shape index (κ3) is 3.47. The standard InChI is InChI=1S/C23H20N2O2/c1-27-20-14-12-17(13-15-20)16-21-22(18-8-4-2-5-9-18)24-25(23(21)26)19-10-6-3-7-11-19/h2-15,21H,16H2,1H3. The van der Waals surface area contributed by atoms with E-state index in [1.54, 1.807) is 7.11 Å². The lowest BCUT2D eigenvalue weighted by molar-refractivity contribution is -0.119. The summed E-state index contributed by atoms with van der Waals surface area (Å²) in [6, 6.07) is 27.3. The first kappa shape index (κ1) is 17.0. The van der Waals surface area contributed by atoms with Crippen molar-refractivity contribution in [2.24, 2.45) is 11.0 Å². The Labute approximate surface area is 158 Å². The second-order valence-electron chi connectivity index (χ2n) is 6.44. The SMILES string of the molecule is COc1ccc(CC2C(=O)N(c3ccccc3)N=C2c2ccccc2)cc1. The number of rotatable bonds is 5. The van der Waals surface area contributed by atoms with E-state index in [1.165, 1.54) is 5.01 Å². The summed E-state index contributed by atoms with van der Waals surface area (Å²) < 4.78 is 5.23. The van der Waals surface area contributed by atoms with E-state index in [4.69, 9.17) is 9.84 Å². The average molecular weight is 356 g/mol. The molecular weight excluding hydrogens is 336 g/mol. The number of nitrogens with zero attached hydrogens (tertiary/aromatic N) is 2. The molecule has 27 heavy (non-hydrogen) atoms. The zero-order valence-electron chi connectivity index (χ0n) is 15.1. The molecule has 0 N–H and O–H groups in total. The fourth-order valence-corrected chi connectivity index (χ4v) is 3.29. The molecule has 0 bridgehead atoms. The van der Waals surface area contributed by atoms with Gasteiger partial charge in [0.15, 0.2) is 0 Å². The van der Waals surface area contributed by atoms with Crippen molar-refractivity contribution in [3.05, 3.63) is 96.1 Å². The van der Waals surface area contributed by atoms with Crippen LogP contribution >= 0.6 is 0 Å². The molecule has 0 spiro atoms. The number of ether oxygens (including phenoxy) is 1. The molecule has 1 aliphatic heterocycles. The summed E-state index contributed by atoms with van der Waals surface area (Å²) in [5.41, 5.74) is 3.64. The highest BCUT2D eigenvalue weighted by molar-refractivity contribution is 6.21. The van der Waals surface area contributed by atoms with Crippen molar-refractivity contribution < 1.29 is 9.53 Å². The quantitative estimate of drug-likeness (QED) is 0.684. The van der Waals surface area contributed by atoms with Gasteiger partial charge in [-0.1, -0.05) is 60.7 Å². The van der Waals surface area contributed by atoms with Crippen LogP contribution in [0.2, 0.25) is 0 Å². The smallest absolute Gasteiger partial charge is 0.256 e. The largest absolute Gasteiger partial charge is 0.497 e. The Kier molecular flexibility index (Phi) is 4.71. The van der Waals surface area contributed by atoms with Gasteiger partial charge in [0.1, 0.15) is 5.75 Å². The molecule has 1 aliphatic rings. The number of amides is 1. The highest BCUT2D eigenvalue weighted by atomic mass is 16.5.